The van der Waals surface area contributed by atoms with Crippen molar-refractivity contribution in [1.82, 2.24) is 15.3 Å². The Balaban J connectivity index is 0.945. The Hall–Kier alpha value is -6.06. The van der Waals surface area contributed by atoms with Gasteiger partial charge in [-0.1, -0.05) is 78.9 Å². The minimum Gasteiger partial charge on any atom is -0.367 e. The fourth-order valence-electron chi connectivity index (χ4n) is 5.86. The van der Waals surface area contributed by atoms with Crippen molar-refractivity contribution in [3.63, 3.8) is 0 Å². The van der Waals surface area contributed by atoms with Gasteiger partial charge in [0.05, 0.1) is 24.1 Å². The number of nitrogens with zero attached hydrogens (tertiary/aromatic N) is 2. The summed E-state index contributed by atoms with van der Waals surface area (Å²) in [6.45, 7) is 3.97. The van der Waals surface area contributed by atoms with E-state index >= 15 is 4.39 Å². The molecule has 0 fully saturated rings. The molecule has 2 N–H and O–H groups in total. The number of benzene rings is 4. The van der Waals surface area contributed by atoms with E-state index in [1.807, 2.05) is 80.6 Å². The molecule has 4 aromatic carbocycles. The first-order chi connectivity index (χ1) is 25.7. The van der Waals surface area contributed by atoms with Crippen LogP contribution in [0.1, 0.15) is 51.8 Å². The fourth-order valence-corrected chi connectivity index (χ4v) is 5.86. The van der Waals surface area contributed by atoms with Gasteiger partial charge >= 0.3 is 0 Å². The van der Waals surface area contributed by atoms with Gasteiger partial charge in [0.15, 0.2) is 0 Å². The molecule has 7 nitrogen and oxygen atoms in total. The van der Waals surface area contributed by atoms with Crippen LogP contribution in [0.2, 0.25) is 0 Å². The Morgan fingerprint density at radius 1 is 0.736 bits per heavy atom. The second-order valence-corrected chi connectivity index (χ2v) is 13.0. The number of carbonyl (C=O) groups is 2. The van der Waals surface area contributed by atoms with Crippen molar-refractivity contribution in [1.29, 1.82) is 0 Å². The zero-order valence-corrected chi connectivity index (χ0v) is 29.6. The normalized spacial score (nSPS) is 11.5. The van der Waals surface area contributed by atoms with Gasteiger partial charge in [-0.15, -0.1) is 0 Å². The second kappa shape index (κ2) is 17.4. The summed E-state index contributed by atoms with van der Waals surface area (Å²) < 4.78 is 34.9. The van der Waals surface area contributed by atoms with Crippen molar-refractivity contribution < 1.29 is 23.1 Å². The lowest BCUT2D eigenvalue weighted by atomic mass is 10.00. The maximum absolute atomic E-state index is 15.2. The molecule has 2 aromatic heterocycles. The van der Waals surface area contributed by atoms with Crippen LogP contribution in [0.25, 0.3) is 22.3 Å². The lowest BCUT2D eigenvalue weighted by Gasteiger charge is -2.14. The Morgan fingerprint density at radius 2 is 1.43 bits per heavy atom. The van der Waals surface area contributed by atoms with Crippen LogP contribution >= 0.6 is 0 Å². The molecule has 1 atom stereocenters. The van der Waals surface area contributed by atoms with E-state index in [1.54, 1.807) is 48.8 Å². The van der Waals surface area contributed by atoms with Gasteiger partial charge in [0.2, 0.25) is 5.91 Å². The molecule has 0 bridgehead atoms. The van der Waals surface area contributed by atoms with Crippen LogP contribution < -0.4 is 10.6 Å². The summed E-state index contributed by atoms with van der Waals surface area (Å²) in [6.07, 6.45) is 5.06. The largest absolute Gasteiger partial charge is 0.367 e. The number of hydrogen-bond donors (Lipinski definition) is 2. The highest BCUT2D eigenvalue weighted by molar-refractivity contribution is 5.94. The van der Waals surface area contributed by atoms with E-state index in [2.05, 4.69) is 20.6 Å². The number of aromatic nitrogens is 2. The van der Waals surface area contributed by atoms with E-state index in [4.69, 9.17) is 4.74 Å². The average Bonchev–Trinajstić information content (AvgIpc) is 3.16. The molecule has 6 aromatic rings. The standard InChI is InChI=1S/C44H40F2N4O3/c1-29-8-20-38(26-47-29)50-43(51)28-53-27-32-12-17-35(18-13-32)40-22-14-33(24-42(40)46)23-37-21-19-36(25-48-37)44(52)49-30(2)7-9-31-10-15-34(16-11-31)39-5-3-4-6-41(39)45/h3-6,8,10-22,24-26,30H,7,9,23,27-28H2,1-2H3,(H,49,52)(H,50,51). The van der Waals surface area contributed by atoms with Gasteiger partial charge in [0.25, 0.3) is 5.91 Å². The fraction of sp³-hybridized carbons (Fsp3) is 0.182. The van der Waals surface area contributed by atoms with Crippen molar-refractivity contribution in [3.8, 4) is 22.3 Å². The van der Waals surface area contributed by atoms with Crippen molar-refractivity contribution in [2.75, 3.05) is 11.9 Å². The van der Waals surface area contributed by atoms with E-state index in [1.165, 1.54) is 12.1 Å². The van der Waals surface area contributed by atoms with Crippen LogP contribution in [-0.4, -0.2) is 34.4 Å². The maximum atomic E-state index is 15.2. The molecule has 6 rings (SSSR count). The van der Waals surface area contributed by atoms with E-state index in [0.29, 0.717) is 34.5 Å². The highest BCUT2D eigenvalue weighted by Gasteiger charge is 2.13. The van der Waals surface area contributed by atoms with Crippen LogP contribution in [0.5, 0.6) is 0 Å². The molecular formula is C44H40F2N4O3. The molecule has 268 valence electrons. The maximum Gasteiger partial charge on any atom is 0.253 e. The summed E-state index contributed by atoms with van der Waals surface area (Å²) in [7, 11) is 0. The van der Waals surface area contributed by atoms with Gasteiger partial charge in [-0.3, -0.25) is 19.6 Å². The highest BCUT2D eigenvalue weighted by Crippen LogP contribution is 2.26. The Kier molecular flexibility index (Phi) is 12.1. The van der Waals surface area contributed by atoms with Crippen LogP contribution in [0.4, 0.5) is 14.5 Å². The van der Waals surface area contributed by atoms with Crippen molar-refractivity contribution in [2.45, 2.75) is 45.8 Å². The number of hydrogen-bond acceptors (Lipinski definition) is 5. The summed E-state index contributed by atoms with van der Waals surface area (Å²) in [4.78, 5) is 33.7. The lowest BCUT2D eigenvalue weighted by Crippen LogP contribution is -2.33. The molecule has 0 spiro atoms. The second-order valence-electron chi connectivity index (χ2n) is 13.0. The van der Waals surface area contributed by atoms with Crippen molar-refractivity contribution >= 4 is 17.5 Å². The lowest BCUT2D eigenvalue weighted by molar-refractivity contribution is -0.121. The monoisotopic (exact) mass is 710 g/mol. The molecule has 0 saturated heterocycles. The van der Waals surface area contributed by atoms with Gasteiger partial charge in [-0.2, -0.15) is 0 Å². The SMILES string of the molecule is Cc1ccc(NC(=O)COCc2ccc(-c3ccc(Cc4ccc(C(=O)NC(C)CCc5ccc(-c6ccccc6F)cc5)cn4)cc3F)cc2)cn1. The molecule has 2 amide bonds. The Morgan fingerprint density at radius 3 is 2.09 bits per heavy atom. The highest BCUT2D eigenvalue weighted by atomic mass is 19.1. The third-order valence-corrected chi connectivity index (χ3v) is 8.85. The molecule has 0 aliphatic rings. The smallest absolute Gasteiger partial charge is 0.253 e. The quantitative estimate of drug-likeness (QED) is 0.118. The molecule has 1 unspecified atom stereocenters. The summed E-state index contributed by atoms with van der Waals surface area (Å²) in [5, 5.41) is 5.78. The zero-order chi connectivity index (χ0) is 37.2. The minimum absolute atomic E-state index is 0.0690. The Labute approximate surface area is 308 Å². The molecule has 0 radical (unpaired) electrons. The third-order valence-electron chi connectivity index (χ3n) is 8.85. The van der Waals surface area contributed by atoms with Gasteiger partial charge < -0.3 is 15.4 Å². The minimum atomic E-state index is -0.347. The van der Waals surface area contributed by atoms with Crippen LogP contribution in [0, 0.1) is 18.6 Å². The van der Waals surface area contributed by atoms with Crippen LogP contribution in [0.15, 0.2) is 128 Å². The molecule has 53 heavy (non-hydrogen) atoms. The summed E-state index contributed by atoms with van der Waals surface area (Å²) in [5.41, 5.74) is 7.97. The topological polar surface area (TPSA) is 93.2 Å². The molecule has 2 heterocycles. The zero-order valence-electron chi connectivity index (χ0n) is 29.6. The number of anilines is 1. The number of amides is 2. The van der Waals surface area contributed by atoms with E-state index in [0.717, 1.165) is 46.4 Å². The van der Waals surface area contributed by atoms with Gasteiger partial charge in [-0.05, 0) is 90.9 Å². The first-order valence-corrected chi connectivity index (χ1v) is 17.5. The number of aryl methyl sites for hydroxylation is 2. The first kappa shape index (κ1) is 36.7. The van der Waals surface area contributed by atoms with Crippen molar-refractivity contribution in [2.24, 2.45) is 0 Å². The molecule has 0 aliphatic heterocycles. The number of pyridine rings is 2. The Bertz CT molecular complexity index is 2150. The van der Waals surface area contributed by atoms with E-state index in [-0.39, 0.29) is 42.7 Å². The molecule has 0 aliphatic carbocycles. The van der Waals surface area contributed by atoms with Crippen molar-refractivity contribution in [3.05, 3.63) is 173 Å². The average molecular weight is 711 g/mol. The number of nitrogens with one attached hydrogen (secondary N) is 2. The predicted molar refractivity (Wildman–Crippen MR) is 203 cm³/mol. The first-order valence-electron chi connectivity index (χ1n) is 17.5. The molecular weight excluding hydrogens is 671 g/mol. The van der Waals surface area contributed by atoms with Crippen LogP contribution in [0.3, 0.4) is 0 Å². The van der Waals surface area contributed by atoms with Crippen LogP contribution in [-0.2, 0) is 29.0 Å². The summed E-state index contributed by atoms with van der Waals surface area (Å²) >= 11 is 0. The molecule has 9 heteroatoms. The third kappa shape index (κ3) is 10.3. The van der Waals surface area contributed by atoms with Gasteiger partial charge in [0.1, 0.15) is 18.2 Å². The van der Waals surface area contributed by atoms with E-state index < -0.39 is 0 Å². The van der Waals surface area contributed by atoms with E-state index in [9.17, 15) is 14.0 Å². The van der Waals surface area contributed by atoms with Gasteiger partial charge in [-0.25, -0.2) is 8.78 Å². The summed E-state index contributed by atoms with van der Waals surface area (Å²) in [5.74, 6) is -1.07. The molecule has 0 saturated carbocycles. The predicted octanol–water partition coefficient (Wildman–Crippen LogP) is 8.89. The van der Waals surface area contributed by atoms with Gasteiger partial charge in [0, 0.05) is 41.2 Å². The number of rotatable bonds is 14. The summed E-state index contributed by atoms with van der Waals surface area (Å²) in [6, 6.07) is 34.1. The number of carbonyl (C=O) groups excluding carboxylic acids is 2. The number of ether oxygens (including phenoxy) is 1. The number of halogens is 2.